The highest BCUT2D eigenvalue weighted by Crippen LogP contribution is 2.50. The Kier molecular flexibility index (Phi) is 4.38. The average molecular weight is 354 g/mol. The Bertz CT molecular complexity index is 767. The predicted molar refractivity (Wildman–Crippen MR) is 98.6 cm³/mol. The largest absolute Gasteiger partial charge is 0.357 e. The van der Waals surface area contributed by atoms with Crippen LogP contribution in [0.4, 0.5) is 5.82 Å². The summed E-state index contributed by atoms with van der Waals surface area (Å²) in [5.74, 6) is 1.25. The van der Waals surface area contributed by atoms with Gasteiger partial charge in [-0.3, -0.25) is 9.48 Å². The Morgan fingerprint density at radius 1 is 1.35 bits per heavy atom. The minimum atomic E-state index is 0.274. The van der Waals surface area contributed by atoms with Gasteiger partial charge < -0.3 is 9.80 Å². The second-order valence-corrected chi connectivity index (χ2v) is 7.75. The molecule has 1 amide bonds. The SMILES string of the molecule is CN(c1ccncn1)C1CC2(CCN(C(=O)CCc3ccnn3C)C2)C1. The van der Waals surface area contributed by atoms with Gasteiger partial charge in [0.15, 0.2) is 0 Å². The van der Waals surface area contributed by atoms with E-state index in [1.807, 2.05) is 23.9 Å². The van der Waals surface area contributed by atoms with Gasteiger partial charge in [-0.2, -0.15) is 5.10 Å². The Labute approximate surface area is 154 Å². The van der Waals surface area contributed by atoms with Crippen LogP contribution < -0.4 is 4.90 Å². The lowest BCUT2D eigenvalue weighted by Crippen LogP contribution is -2.51. The third kappa shape index (κ3) is 3.18. The van der Waals surface area contributed by atoms with Gasteiger partial charge in [-0.25, -0.2) is 9.97 Å². The van der Waals surface area contributed by atoms with Crippen molar-refractivity contribution in [3.63, 3.8) is 0 Å². The Balaban J connectivity index is 1.28. The summed E-state index contributed by atoms with van der Waals surface area (Å²) in [7, 11) is 4.03. The topological polar surface area (TPSA) is 67.2 Å². The lowest BCUT2D eigenvalue weighted by Gasteiger charge is -2.49. The molecule has 0 radical (unpaired) electrons. The quantitative estimate of drug-likeness (QED) is 0.817. The third-order valence-corrected chi connectivity index (χ3v) is 6.12. The monoisotopic (exact) mass is 354 g/mol. The first-order valence-corrected chi connectivity index (χ1v) is 9.30. The second kappa shape index (κ2) is 6.70. The van der Waals surface area contributed by atoms with Gasteiger partial charge in [0.25, 0.3) is 0 Å². The van der Waals surface area contributed by atoms with E-state index < -0.39 is 0 Å². The minimum Gasteiger partial charge on any atom is -0.357 e. The molecular weight excluding hydrogens is 328 g/mol. The van der Waals surface area contributed by atoms with Gasteiger partial charge >= 0.3 is 0 Å². The Morgan fingerprint density at radius 2 is 2.19 bits per heavy atom. The van der Waals surface area contributed by atoms with Gasteiger partial charge in [0.1, 0.15) is 12.1 Å². The molecule has 1 saturated heterocycles. The molecule has 26 heavy (non-hydrogen) atoms. The number of anilines is 1. The number of nitrogens with zero attached hydrogens (tertiary/aromatic N) is 6. The summed E-state index contributed by atoms with van der Waals surface area (Å²) in [6, 6.07) is 4.45. The van der Waals surface area contributed by atoms with Crippen molar-refractivity contribution in [2.75, 3.05) is 25.0 Å². The molecule has 0 N–H and O–H groups in total. The summed E-state index contributed by atoms with van der Waals surface area (Å²) in [5.41, 5.74) is 1.43. The van der Waals surface area contributed by atoms with Crippen LogP contribution in [0.15, 0.2) is 30.9 Å². The summed E-state index contributed by atoms with van der Waals surface area (Å²) in [6.07, 6.45) is 9.89. The van der Waals surface area contributed by atoms with Gasteiger partial charge in [-0.1, -0.05) is 0 Å². The summed E-state index contributed by atoms with van der Waals surface area (Å²) in [6.45, 7) is 1.81. The fraction of sp³-hybridized carbons (Fsp3) is 0.579. The van der Waals surface area contributed by atoms with Crippen LogP contribution in [0.5, 0.6) is 0 Å². The van der Waals surface area contributed by atoms with Crippen molar-refractivity contribution in [3.8, 4) is 0 Å². The molecule has 2 aromatic rings. The molecule has 0 bridgehead atoms. The fourth-order valence-electron chi connectivity index (χ4n) is 4.41. The number of amides is 1. The summed E-state index contributed by atoms with van der Waals surface area (Å²) in [4.78, 5) is 25.2. The third-order valence-electron chi connectivity index (χ3n) is 6.12. The van der Waals surface area contributed by atoms with Crippen LogP contribution in [0.25, 0.3) is 0 Å². The summed E-state index contributed by atoms with van der Waals surface area (Å²) < 4.78 is 1.85. The fourth-order valence-corrected chi connectivity index (χ4v) is 4.41. The van der Waals surface area contributed by atoms with E-state index in [0.717, 1.165) is 50.3 Å². The maximum Gasteiger partial charge on any atom is 0.222 e. The van der Waals surface area contributed by atoms with E-state index in [-0.39, 0.29) is 5.91 Å². The maximum atomic E-state index is 12.6. The number of carbonyl (C=O) groups excluding carboxylic acids is 1. The van der Waals surface area contributed by atoms with Crippen LogP contribution in [-0.4, -0.2) is 56.7 Å². The second-order valence-electron chi connectivity index (χ2n) is 7.75. The molecule has 7 heteroatoms. The molecule has 4 rings (SSSR count). The molecule has 2 aromatic heterocycles. The molecule has 0 unspecified atom stereocenters. The summed E-state index contributed by atoms with van der Waals surface area (Å²) >= 11 is 0. The van der Waals surface area contributed by atoms with E-state index in [2.05, 4.69) is 31.9 Å². The minimum absolute atomic E-state index is 0.274. The highest BCUT2D eigenvalue weighted by molar-refractivity contribution is 5.76. The highest BCUT2D eigenvalue weighted by atomic mass is 16.2. The summed E-state index contributed by atoms with van der Waals surface area (Å²) in [5, 5.41) is 4.17. The molecule has 138 valence electrons. The molecule has 1 saturated carbocycles. The van der Waals surface area contributed by atoms with Crippen molar-refractivity contribution < 1.29 is 4.79 Å². The van der Waals surface area contributed by atoms with Gasteiger partial charge in [0.2, 0.25) is 5.91 Å². The first kappa shape index (κ1) is 17.0. The number of aryl methyl sites for hydroxylation is 2. The number of likely N-dealkylation sites (tertiary alicyclic amines) is 1. The smallest absolute Gasteiger partial charge is 0.222 e. The van der Waals surface area contributed by atoms with Crippen molar-refractivity contribution >= 4 is 11.7 Å². The van der Waals surface area contributed by atoms with Crippen molar-refractivity contribution in [2.45, 2.75) is 38.1 Å². The van der Waals surface area contributed by atoms with Crippen molar-refractivity contribution in [2.24, 2.45) is 12.5 Å². The number of carbonyl (C=O) groups is 1. The normalized spacial score (nSPS) is 24.7. The Hall–Kier alpha value is -2.44. The van der Waals surface area contributed by atoms with Crippen LogP contribution >= 0.6 is 0 Å². The molecule has 0 atom stereocenters. The molecule has 2 fully saturated rings. The predicted octanol–water partition coefficient (Wildman–Crippen LogP) is 1.66. The van der Waals surface area contributed by atoms with E-state index in [4.69, 9.17) is 0 Å². The van der Waals surface area contributed by atoms with Crippen LogP contribution in [0, 0.1) is 5.41 Å². The zero-order chi connectivity index (χ0) is 18.1. The molecule has 0 aromatic carbocycles. The van der Waals surface area contributed by atoms with Gasteiger partial charge in [0.05, 0.1) is 0 Å². The number of rotatable bonds is 5. The average Bonchev–Trinajstić information content (AvgIpc) is 3.25. The van der Waals surface area contributed by atoms with E-state index in [1.54, 1.807) is 18.7 Å². The molecular formula is C19H26N6O. The maximum absolute atomic E-state index is 12.6. The highest BCUT2D eigenvalue weighted by Gasteiger charge is 2.50. The number of hydrogen-bond acceptors (Lipinski definition) is 5. The number of aromatic nitrogens is 4. The molecule has 1 aliphatic carbocycles. The molecule has 1 aliphatic heterocycles. The van der Waals surface area contributed by atoms with Gasteiger partial charge in [-0.05, 0) is 43.2 Å². The first-order valence-electron chi connectivity index (χ1n) is 9.30. The van der Waals surface area contributed by atoms with Crippen molar-refractivity contribution in [1.29, 1.82) is 0 Å². The first-order chi connectivity index (χ1) is 12.6. The zero-order valence-electron chi connectivity index (χ0n) is 15.5. The van der Waals surface area contributed by atoms with E-state index >= 15 is 0 Å². The number of hydrogen-bond donors (Lipinski definition) is 0. The lowest BCUT2D eigenvalue weighted by molar-refractivity contribution is -0.130. The van der Waals surface area contributed by atoms with Gasteiger partial charge in [0, 0.05) is 57.7 Å². The molecule has 1 spiro atoms. The van der Waals surface area contributed by atoms with Crippen LogP contribution in [0.3, 0.4) is 0 Å². The van der Waals surface area contributed by atoms with Crippen LogP contribution in [0.2, 0.25) is 0 Å². The van der Waals surface area contributed by atoms with Crippen molar-refractivity contribution in [1.82, 2.24) is 24.6 Å². The van der Waals surface area contributed by atoms with E-state index in [1.165, 1.54) is 0 Å². The lowest BCUT2D eigenvalue weighted by atomic mass is 9.64. The van der Waals surface area contributed by atoms with Gasteiger partial charge in [-0.15, -0.1) is 0 Å². The van der Waals surface area contributed by atoms with Crippen LogP contribution in [0.1, 0.15) is 31.4 Å². The molecule has 7 nitrogen and oxygen atoms in total. The van der Waals surface area contributed by atoms with E-state index in [9.17, 15) is 4.79 Å². The van der Waals surface area contributed by atoms with E-state index in [0.29, 0.717) is 17.9 Å². The Morgan fingerprint density at radius 3 is 2.88 bits per heavy atom. The van der Waals surface area contributed by atoms with Crippen LogP contribution in [-0.2, 0) is 18.3 Å². The van der Waals surface area contributed by atoms with Crippen molar-refractivity contribution in [3.05, 3.63) is 36.5 Å². The zero-order valence-corrected chi connectivity index (χ0v) is 15.5. The molecule has 2 aliphatic rings. The standard InChI is InChI=1S/C19H26N6O/c1-23(17-6-8-20-14-21-17)16-11-19(12-16)7-10-25(13-19)18(26)4-3-15-5-9-22-24(15)2/h5-6,8-9,14,16H,3-4,7,10-13H2,1-2H3. The molecule has 3 heterocycles.